The molecule has 4 aromatic heterocycles. The fourth-order valence-corrected chi connectivity index (χ4v) is 6.68. The minimum atomic E-state index is 0.754. The quantitative estimate of drug-likeness (QED) is 0.213. The Morgan fingerprint density at radius 2 is 1.02 bits per heavy atom. The van der Waals surface area contributed by atoms with E-state index in [0.717, 1.165) is 88.4 Å². The molecule has 0 unspecified atom stereocenters. The molecule has 6 aromatic carbocycles. The van der Waals surface area contributed by atoms with Crippen LogP contribution in [0.2, 0.25) is 0 Å². The number of furan rings is 3. The third-order valence-electron chi connectivity index (χ3n) is 8.70. The van der Waals surface area contributed by atoms with Gasteiger partial charge in [0.15, 0.2) is 5.58 Å². The van der Waals surface area contributed by atoms with Gasteiger partial charge in [-0.3, -0.25) is 4.90 Å². The molecule has 0 atom stereocenters. The lowest BCUT2D eigenvalue weighted by atomic mass is 10.0. The Labute approximate surface area is 250 Å². The molecule has 0 amide bonds. The lowest BCUT2D eigenvalue weighted by Gasteiger charge is -2.24. The third kappa shape index (κ3) is 3.32. The van der Waals surface area contributed by atoms with Gasteiger partial charge in [0.25, 0.3) is 0 Å². The van der Waals surface area contributed by atoms with Gasteiger partial charge in [0.1, 0.15) is 33.7 Å². The van der Waals surface area contributed by atoms with Gasteiger partial charge in [-0.1, -0.05) is 66.7 Å². The van der Waals surface area contributed by atoms with Gasteiger partial charge in [-0.2, -0.15) is 0 Å². The van der Waals surface area contributed by atoms with Crippen LogP contribution in [0, 0.1) is 0 Å². The molecule has 0 saturated heterocycles. The lowest BCUT2D eigenvalue weighted by Crippen LogP contribution is -2.11. The summed E-state index contributed by atoms with van der Waals surface area (Å²) in [5.41, 5.74) is 6.91. The maximum atomic E-state index is 6.32. The SMILES string of the molecule is c1ccc2c(c1)ccc1oc3cnc(N(c4ccc5c(c4)oc4ccccc45)c4ccc5oc6ccccc6c5c4)cc3c12. The number of hydrogen-bond acceptors (Lipinski definition) is 5. The van der Waals surface area contributed by atoms with Crippen LogP contribution < -0.4 is 4.90 Å². The largest absolute Gasteiger partial charge is 0.456 e. The monoisotopic (exact) mass is 566 g/mol. The topological polar surface area (TPSA) is 55.6 Å². The van der Waals surface area contributed by atoms with Crippen molar-refractivity contribution < 1.29 is 13.3 Å². The summed E-state index contributed by atoms with van der Waals surface area (Å²) in [6, 6.07) is 43.7. The molecule has 0 radical (unpaired) electrons. The van der Waals surface area contributed by atoms with Gasteiger partial charge < -0.3 is 13.3 Å². The molecule has 0 aliphatic heterocycles. The molecule has 0 spiro atoms. The van der Waals surface area contributed by atoms with Gasteiger partial charge in [0.05, 0.1) is 11.9 Å². The highest BCUT2D eigenvalue weighted by Gasteiger charge is 2.20. The molecule has 5 heteroatoms. The number of pyridine rings is 1. The van der Waals surface area contributed by atoms with E-state index in [-0.39, 0.29) is 0 Å². The van der Waals surface area contributed by atoms with Crippen molar-refractivity contribution in [2.45, 2.75) is 0 Å². The van der Waals surface area contributed by atoms with Gasteiger partial charge in [-0.25, -0.2) is 4.98 Å². The average molecular weight is 567 g/mol. The summed E-state index contributed by atoms with van der Waals surface area (Å²) < 4.78 is 18.8. The molecule has 10 rings (SSSR count). The number of anilines is 3. The smallest absolute Gasteiger partial charge is 0.153 e. The first-order chi connectivity index (χ1) is 21.8. The maximum Gasteiger partial charge on any atom is 0.153 e. The van der Waals surface area contributed by atoms with Crippen molar-refractivity contribution >= 4 is 93.8 Å². The van der Waals surface area contributed by atoms with Gasteiger partial charge in [-0.05, 0) is 65.4 Å². The van der Waals surface area contributed by atoms with Crippen LogP contribution >= 0.6 is 0 Å². The first-order valence-corrected chi connectivity index (χ1v) is 14.6. The minimum Gasteiger partial charge on any atom is -0.456 e. The number of benzene rings is 6. The number of nitrogens with zero attached hydrogens (tertiary/aromatic N) is 2. The van der Waals surface area contributed by atoms with Crippen LogP contribution in [0.3, 0.4) is 0 Å². The molecule has 0 bridgehead atoms. The van der Waals surface area contributed by atoms with E-state index in [1.807, 2.05) is 54.7 Å². The van der Waals surface area contributed by atoms with Crippen LogP contribution in [-0.2, 0) is 0 Å². The summed E-state index contributed by atoms with van der Waals surface area (Å²) in [7, 11) is 0. The number of hydrogen-bond donors (Lipinski definition) is 0. The highest BCUT2D eigenvalue weighted by molar-refractivity contribution is 6.19. The average Bonchev–Trinajstić information content (AvgIpc) is 3.75. The van der Waals surface area contributed by atoms with E-state index >= 15 is 0 Å². The van der Waals surface area contributed by atoms with Crippen molar-refractivity contribution in [2.75, 3.05) is 4.90 Å². The van der Waals surface area contributed by atoms with Crippen molar-refractivity contribution in [1.29, 1.82) is 0 Å². The number of rotatable bonds is 3. The standard InChI is InChI=1S/C39H22N2O3/c1-2-8-26-23(7-1)13-17-35-39(26)31-21-38(40-22-37(31)44-35)41(24-15-18-34-30(19-24)28-10-4-6-12-33(28)42-34)25-14-16-29-27-9-3-5-11-32(27)43-36(29)20-25/h1-22H. The van der Waals surface area contributed by atoms with E-state index in [0.29, 0.717) is 0 Å². The van der Waals surface area contributed by atoms with Crippen LogP contribution in [0.5, 0.6) is 0 Å². The second-order valence-electron chi connectivity index (χ2n) is 11.2. The number of fused-ring (bicyclic) bond motifs is 11. The van der Waals surface area contributed by atoms with Crippen molar-refractivity contribution in [3.8, 4) is 0 Å². The van der Waals surface area contributed by atoms with Crippen molar-refractivity contribution in [3.63, 3.8) is 0 Å². The predicted octanol–water partition coefficient (Wildman–Crippen LogP) is 11.4. The third-order valence-corrected chi connectivity index (χ3v) is 8.70. The summed E-state index contributed by atoms with van der Waals surface area (Å²) in [5.74, 6) is 0.774. The second kappa shape index (κ2) is 8.72. The van der Waals surface area contributed by atoms with E-state index in [4.69, 9.17) is 18.2 Å². The number of para-hydroxylation sites is 2. The molecule has 5 nitrogen and oxygen atoms in total. The van der Waals surface area contributed by atoms with Gasteiger partial charge in [0.2, 0.25) is 0 Å². The highest BCUT2D eigenvalue weighted by atomic mass is 16.3. The summed E-state index contributed by atoms with van der Waals surface area (Å²) in [6.45, 7) is 0. The molecular formula is C39H22N2O3. The Balaban J connectivity index is 1.25. The maximum absolute atomic E-state index is 6.32. The zero-order valence-corrected chi connectivity index (χ0v) is 23.3. The fraction of sp³-hybridized carbons (Fsp3) is 0. The molecule has 44 heavy (non-hydrogen) atoms. The molecule has 4 heterocycles. The second-order valence-corrected chi connectivity index (χ2v) is 11.2. The van der Waals surface area contributed by atoms with Crippen molar-refractivity contribution in [3.05, 3.63) is 134 Å². The van der Waals surface area contributed by atoms with Crippen LogP contribution in [0.25, 0.3) is 76.6 Å². The Morgan fingerprint density at radius 3 is 1.89 bits per heavy atom. The van der Waals surface area contributed by atoms with Crippen LogP contribution in [-0.4, -0.2) is 4.98 Å². The predicted molar refractivity (Wildman–Crippen MR) is 178 cm³/mol. The normalized spacial score (nSPS) is 12.1. The van der Waals surface area contributed by atoms with Gasteiger partial charge in [-0.15, -0.1) is 0 Å². The van der Waals surface area contributed by atoms with E-state index in [1.54, 1.807) is 0 Å². The first-order valence-electron chi connectivity index (χ1n) is 14.6. The molecule has 10 aromatic rings. The summed E-state index contributed by atoms with van der Waals surface area (Å²) in [6.07, 6.45) is 1.83. The van der Waals surface area contributed by atoms with Crippen molar-refractivity contribution in [1.82, 2.24) is 4.98 Å². The summed E-state index contributed by atoms with van der Waals surface area (Å²) in [5, 5.41) is 8.74. The molecule has 0 N–H and O–H groups in total. The Morgan fingerprint density at radius 1 is 0.409 bits per heavy atom. The molecule has 0 fully saturated rings. The van der Waals surface area contributed by atoms with E-state index in [9.17, 15) is 0 Å². The van der Waals surface area contributed by atoms with Crippen LogP contribution in [0.1, 0.15) is 0 Å². The summed E-state index contributed by atoms with van der Waals surface area (Å²) >= 11 is 0. The first kappa shape index (κ1) is 23.5. The molecule has 0 saturated carbocycles. The molecule has 206 valence electrons. The fourth-order valence-electron chi connectivity index (χ4n) is 6.68. The molecular weight excluding hydrogens is 544 g/mol. The van der Waals surface area contributed by atoms with Crippen LogP contribution in [0.15, 0.2) is 147 Å². The Hall–Kier alpha value is -6.07. The van der Waals surface area contributed by atoms with Crippen molar-refractivity contribution in [2.24, 2.45) is 0 Å². The Bertz CT molecular complexity index is 2750. The molecule has 0 aliphatic carbocycles. The summed E-state index contributed by atoms with van der Waals surface area (Å²) in [4.78, 5) is 7.14. The minimum absolute atomic E-state index is 0.754. The van der Waals surface area contributed by atoms with Gasteiger partial charge >= 0.3 is 0 Å². The van der Waals surface area contributed by atoms with Gasteiger partial charge in [0, 0.05) is 44.1 Å². The van der Waals surface area contributed by atoms with E-state index < -0.39 is 0 Å². The van der Waals surface area contributed by atoms with E-state index in [1.165, 1.54) is 5.39 Å². The molecule has 0 aliphatic rings. The number of aromatic nitrogens is 1. The lowest BCUT2D eigenvalue weighted by molar-refractivity contribution is 0.667. The van der Waals surface area contributed by atoms with Crippen LogP contribution in [0.4, 0.5) is 17.2 Å². The highest BCUT2D eigenvalue weighted by Crippen LogP contribution is 2.42. The zero-order chi connectivity index (χ0) is 28.8. The van der Waals surface area contributed by atoms with E-state index in [2.05, 4.69) is 83.8 Å². The zero-order valence-electron chi connectivity index (χ0n) is 23.3. The Kier molecular flexibility index (Phi) is 4.66.